The van der Waals surface area contributed by atoms with Crippen molar-refractivity contribution < 1.29 is 14.3 Å². The van der Waals surface area contributed by atoms with Gasteiger partial charge in [0.25, 0.3) is 5.91 Å². The van der Waals surface area contributed by atoms with Gasteiger partial charge in [0.2, 0.25) is 5.91 Å². The molecule has 5 nitrogen and oxygen atoms in total. The smallest absolute Gasteiger partial charge is 0.253 e. The average molecular weight is 366 g/mol. The topological polar surface area (TPSA) is 58.6 Å². The number of carbonyl (C=O) groups is 2. The number of nitrogens with one attached hydrogen (secondary N) is 1. The van der Waals surface area contributed by atoms with Crippen LogP contribution in [0.25, 0.3) is 0 Å². The lowest BCUT2D eigenvalue weighted by molar-refractivity contribution is -0.121. The van der Waals surface area contributed by atoms with E-state index in [2.05, 4.69) is 5.32 Å². The number of amides is 2. The molecular weight excluding hydrogens is 340 g/mol. The van der Waals surface area contributed by atoms with Crippen LogP contribution in [0, 0.1) is 12.8 Å². The van der Waals surface area contributed by atoms with Crippen LogP contribution < -0.4 is 10.1 Å². The number of rotatable bonds is 5. The van der Waals surface area contributed by atoms with Gasteiger partial charge >= 0.3 is 0 Å². The lowest BCUT2D eigenvalue weighted by atomic mass is 9.95. The molecule has 0 radical (unpaired) electrons. The lowest BCUT2D eigenvalue weighted by Crippen LogP contribution is -2.41. The van der Waals surface area contributed by atoms with Crippen molar-refractivity contribution in [3.8, 4) is 5.75 Å². The molecule has 142 valence electrons. The van der Waals surface area contributed by atoms with Crippen LogP contribution in [-0.2, 0) is 4.79 Å². The quantitative estimate of drug-likeness (QED) is 0.873. The van der Waals surface area contributed by atoms with Crippen molar-refractivity contribution in [1.82, 2.24) is 4.90 Å². The first kappa shape index (κ1) is 19.0. The number of benzene rings is 2. The zero-order valence-corrected chi connectivity index (χ0v) is 15.9. The Hall–Kier alpha value is -2.82. The van der Waals surface area contributed by atoms with Crippen LogP contribution in [0.5, 0.6) is 5.75 Å². The van der Waals surface area contributed by atoms with Crippen molar-refractivity contribution >= 4 is 17.5 Å². The Morgan fingerprint density at radius 1 is 1.04 bits per heavy atom. The molecule has 0 spiro atoms. The molecule has 0 saturated carbocycles. The molecular formula is C22H26N2O3. The molecule has 0 aliphatic carbocycles. The fourth-order valence-corrected chi connectivity index (χ4v) is 3.27. The summed E-state index contributed by atoms with van der Waals surface area (Å²) in [4.78, 5) is 26.9. The second kappa shape index (κ2) is 8.71. The highest BCUT2D eigenvalue weighted by atomic mass is 16.5. The van der Waals surface area contributed by atoms with Gasteiger partial charge in [-0.15, -0.1) is 0 Å². The van der Waals surface area contributed by atoms with E-state index < -0.39 is 0 Å². The Bertz CT molecular complexity index is 776. The molecule has 1 heterocycles. The number of nitrogens with zero attached hydrogens (tertiary/aromatic N) is 1. The summed E-state index contributed by atoms with van der Waals surface area (Å²) in [6.07, 6.45) is 1.36. The van der Waals surface area contributed by atoms with Crippen LogP contribution in [0.2, 0.25) is 0 Å². The van der Waals surface area contributed by atoms with Crippen LogP contribution in [0.4, 0.5) is 5.69 Å². The SMILES string of the molecule is CCOc1ccc(NC(=O)C2CCN(C(=O)c3ccc(C)cc3)CC2)cc1. The minimum atomic E-state index is -0.0707. The predicted molar refractivity (Wildman–Crippen MR) is 106 cm³/mol. The second-order valence-corrected chi connectivity index (χ2v) is 6.88. The molecule has 2 amide bonds. The maximum Gasteiger partial charge on any atom is 0.253 e. The summed E-state index contributed by atoms with van der Waals surface area (Å²) in [7, 11) is 0. The van der Waals surface area contributed by atoms with Gasteiger partial charge in [-0.1, -0.05) is 17.7 Å². The lowest BCUT2D eigenvalue weighted by Gasteiger charge is -2.31. The van der Waals surface area contributed by atoms with Gasteiger partial charge < -0.3 is 15.0 Å². The molecule has 1 N–H and O–H groups in total. The Kier molecular flexibility index (Phi) is 6.12. The zero-order chi connectivity index (χ0) is 19.2. The van der Waals surface area contributed by atoms with Crippen molar-refractivity contribution in [2.45, 2.75) is 26.7 Å². The van der Waals surface area contributed by atoms with E-state index in [9.17, 15) is 9.59 Å². The third kappa shape index (κ3) is 4.88. The van der Waals surface area contributed by atoms with Gasteiger partial charge in [0, 0.05) is 30.3 Å². The number of anilines is 1. The molecule has 1 fully saturated rings. The summed E-state index contributed by atoms with van der Waals surface area (Å²) in [6.45, 7) is 5.77. The Morgan fingerprint density at radius 3 is 2.26 bits per heavy atom. The average Bonchev–Trinajstić information content (AvgIpc) is 2.70. The standard InChI is InChI=1S/C22H26N2O3/c1-3-27-20-10-8-19(9-11-20)23-21(25)17-12-14-24(15-13-17)22(26)18-6-4-16(2)5-7-18/h4-11,17H,3,12-15H2,1-2H3,(H,23,25). The molecule has 1 aliphatic heterocycles. The number of hydrogen-bond donors (Lipinski definition) is 1. The number of hydrogen-bond acceptors (Lipinski definition) is 3. The number of likely N-dealkylation sites (tertiary alicyclic amines) is 1. The highest BCUT2D eigenvalue weighted by Crippen LogP contribution is 2.22. The third-order valence-electron chi connectivity index (χ3n) is 4.88. The van der Waals surface area contributed by atoms with Crippen molar-refractivity contribution in [2.75, 3.05) is 25.0 Å². The van der Waals surface area contributed by atoms with Crippen molar-refractivity contribution in [1.29, 1.82) is 0 Å². The molecule has 0 bridgehead atoms. The van der Waals surface area contributed by atoms with Gasteiger partial charge in [-0.3, -0.25) is 9.59 Å². The normalized spacial score (nSPS) is 14.7. The van der Waals surface area contributed by atoms with Crippen LogP contribution in [-0.4, -0.2) is 36.4 Å². The van der Waals surface area contributed by atoms with Gasteiger partial charge in [-0.2, -0.15) is 0 Å². The summed E-state index contributed by atoms with van der Waals surface area (Å²) in [5.41, 5.74) is 2.61. The van der Waals surface area contributed by atoms with E-state index >= 15 is 0 Å². The first-order chi connectivity index (χ1) is 13.1. The van der Waals surface area contributed by atoms with E-state index in [-0.39, 0.29) is 17.7 Å². The number of carbonyl (C=O) groups excluding carboxylic acids is 2. The monoisotopic (exact) mass is 366 g/mol. The van der Waals surface area contributed by atoms with Gasteiger partial charge in [0.1, 0.15) is 5.75 Å². The highest BCUT2D eigenvalue weighted by Gasteiger charge is 2.27. The number of aryl methyl sites for hydroxylation is 1. The van der Waals surface area contributed by atoms with E-state index in [1.165, 1.54) is 0 Å². The van der Waals surface area contributed by atoms with Crippen LogP contribution >= 0.6 is 0 Å². The minimum Gasteiger partial charge on any atom is -0.494 e. The Morgan fingerprint density at radius 2 is 1.67 bits per heavy atom. The van der Waals surface area contributed by atoms with Crippen molar-refractivity contribution in [3.05, 3.63) is 59.7 Å². The van der Waals surface area contributed by atoms with Crippen LogP contribution in [0.15, 0.2) is 48.5 Å². The predicted octanol–water partition coefficient (Wildman–Crippen LogP) is 3.88. The molecule has 0 unspecified atom stereocenters. The first-order valence-electron chi connectivity index (χ1n) is 9.46. The summed E-state index contributed by atoms with van der Waals surface area (Å²) in [5.74, 6) is 0.777. The number of piperidine rings is 1. The first-order valence-corrected chi connectivity index (χ1v) is 9.46. The summed E-state index contributed by atoms with van der Waals surface area (Å²) >= 11 is 0. The largest absolute Gasteiger partial charge is 0.494 e. The summed E-state index contributed by atoms with van der Waals surface area (Å²) in [6, 6.07) is 15.0. The van der Waals surface area contributed by atoms with Crippen molar-refractivity contribution in [2.24, 2.45) is 5.92 Å². The van der Waals surface area contributed by atoms with Crippen LogP contribution in [0.3, 0.4) is 0 Å². The fraction of sp³-hybridized carbons (Fsp3) is 0.364. The van der Waals surface area contributed by atoms with E-state index in [0.29, 0.717) is 38.1 Å². The van der Waals surface area contributed by atoms with E-state index in [1.54, 1.807) is 0 Å². The second-order valence-electron chi connectivity index (χ2n) is 6.88. The molecule has 1 aliphatic rings. The maximum absolute atomic E-state index is 12.6. The summed E-state index contributed by atoms with van der Waals surface area (Å²) in [5, 5.41) is 2.96. The molecule has 2 aromatic rings. The summed E-state index contributed by atoms with van der Waals surface area (Å²) < 4.78 is 5.41. The molecule has 3 rings (SSSR count). The van der Waals surface area contributed by atoms with E-state index in [0.717, 1.165) is 17.0 Å². The molecule has 0 aromatic heterocycles. The van der Waals surface area contributed by atoms with E-state index in [1.807, 2.05) is 67.3 Å². The van der Waals surface area contributed by atoms with Gasteiger partial charge in [0.05, 0.1) is 6.61 Å². The molecule has 27 heavy (non-hydrogen) atoms. The van der Waals surface area contributed by atoms with E-state index in [4.69, 9.17) is 4.74 Å². The fourth-order valence-electron chi connectivity index (χ4n) is 3.27. The van der Waals surface area contributed by atoms with Gasteiger partial charge in [-0.05, 0) is 63.1 Å². The minimum absolute atomic E-state index is 0.0154. The van der Waals surface area contributed by atoms with Crippen LogP contribution in [0.1, 0.15) is 35.7 Å². The van der Waals surface area contributed by atoms with Crippen molar-refractivity contribution in [3.63, 3.8) is 0 Å². The van der Waals surface area contributed by atoms with Gasteiger partial charge in [0.15, 0.2) is 0 Å². The highest BCUT2D eigenvalue weighted by molar-refractivity contribution is 5.95. The molecule has 2 aromatic carbocycles. The Labute approximate surface area is 160 Å². The third-order valence-corrected chi connectivity index (χ3v) is 4.88. The molecule has 5 heteroatoms. The zero-order valence-electron chi connectivity index (χ0n) is 15.9. The molecule has 0 atom stereocenters. The molecule has 1 saturated heterocycles. The van der Waals surface area contributed by atoms with Gasteiger partial charge in [-0.25, -0.2) is 0 Å². The Balaban J connectivity index is 1.51. The maximum atomic E-state index is 12.6. The number of ether oxygens (including phenoxy) is 1.